The third-order valence-corrected chi connectivity index (χ3v) is 7.33. The van der Waals surface area contributed by atoms with Gasteiger partial charge in [-0.2, -0.15) is 0 Å². The van der Waals surface area contributed by atoms with Crippen LogP contribution >= 0.6 is 22.7 Å². The molecule has 4 aromatic rings. The summed E-state index contributed by atoms with van der Waals surface area (Å²) in [5, 5.41) is 14.4. The number of methoxy groups -OCH3 is 1. The Bertz CT molecular complexity index is 1280. The van der Waals surface area contributed by atoms with Crippen molar-refractivity contribution in [3.8, 4) is 22.1 Å². The van der Waals surface area contributed by atoms with Crippen LogP contribution in [0.5, 0.6) is 11.5 Å². The Morgan fingerprint density at radius 3 is 2.82 bits per heavy atom. The van der Waals surface area contributed by atoms with E-state index in [1.165, 1.54) is 22.3 Å². The summed E-state index contributed by atoms with van der Waals surface area (Å²) in [5.74, 6) is 0.952. The van der Waals surface area contributed by atoms with Gasteiger partial charge in [0.1, 0.15) is 17.4 Å². The fourth-order valence-corrected chi connectivity index (χ4v) is 5.23. The zero-order valence-electron chi connectivity index (χ0n) is 17.7. The van der Waals surface area contributed by atoms with Crippen LogP contribution in [-0.2, 0) is 11.4 Å². The molecule has 2 unspecified atom stereocenters. The van der Waals surface area contributed by atoms with Crippen molar-refractivity contribution in [1.29, 1.82) is 0 Å². The summed E-state index contributed by atoms with van der Waals surface area (Å²) in [6.07, 6.45) is 0.865. The molecule has 1 N–H and O–H groups in total. The van der Waals surface area contributed by atoms with E-state index in [2.05, 4.69) is 21.6 Å². The summed E-state index contributed by atoms with van der Waals surface area (Å²) in [7, 11) is 1.54. The number of amides is 1. The normalized spacial score (nSPS) is 16.9. The van der Waals surface area contributed by atoms with Gasteiger partial charge in [0, 0.05) is 27.8 Å². The lowest BCUT2D eigenvalue weighted by Crippen LogP contribution is -2.14. The number of carbonyl (C=O) groups excluding carboxylic acids is 1. The minimum Gasteiger partial charge on any atom is -0.493 e. The molecule has 168 valence electrons. The Balaban J connectivity index is 1.24. The molecule has 0 saturated heterocycles. The van der Waals surface area contributed by atoms with Gasteiger partial charge in [0.15, 0.2) is 11.5 Å². The van der Waals surface area contributed by atoms with Crippen molar-refractivity contribution in [3.05, 3.63) is 76.2 Å². The van der Waals surface area contributed by atoms with Crippen LogP contribution in [0.15, 0.2) is 60.0 Å². The fourth-order valence-electron chi connectivity index (χ4n) is 3.58. The summed E-state index contributed by atoms with van der Waals surface area (Å²) < 4.78 is 25.1. The smallest absolute Gasteiger partial charge is 0.229 e. The van der Waals surface area contributed by atoms with Gasteiger partial charge >= 0.3 is 0 Å². The van der Waals surface area contributed by atoms with E-state index in [-0.39, 0.29) is 24.2 Å². The highest BCUT2D eigenvalue weighted by Crippen LogP contribution is 2.49. The molecular weight excluding hydrogens is 461 g/mol. The van der Waals surface area contributed by atoms with Crippen molar-refractivity contribution < 1.29 is 18.7 Å². The van der Waals surface area contributed by atoms with Crippen molar-refractivity contribution >= 4 is 33.7 Å². The molecule has 0 radical (unpaired) electrons. The summed E-state index contributed by atoms with van der Waals surface area (Å²) in [6, 6.07) is 15.9. The zero-order valence-corrected chi connectivity index (χ0v) is 19.3. The molecule has 33 heavy (non-hydrogen) atoms. The van der Waals surface area contributed by atoms with Crippen LogP contribution in [0, 0.1) is 11.7 Å². The maximum atomic E-state index is 13.8. The molecule has 2 atom stereocenters. The lowest BCUT2D eigenvalue weighted by molar-refractivity contribution is -0.117. The first-order valence-electron chi connectivity index (χ1n) is 10.3. The molecule has 2 heterocycles. The number of nitrogens with zero attached hydrogens (tertiary/aromatic N) is 2. The Labute approximate surface area is 198 Å². The molecule has 2 aromatic carbocycles. The fraction of sp³-hybridized carbons (Fsp3) is 0.208. The molecule has 1 aliphatic carbocycles. The van der Waals surface area contributed by atoms with Crippen LogP contribution < -0.4 is 14.8 Å². The second-order valence-electron chi connectivity index (χ2n) is 7.61. The lowest BCUT2D eigenvalue weighted by Gasteiger charge is -2.12. The van der Waals surface area contributed by atoms with E-state index < -0.39 is 0 Å². The number of ether oxygens (including phenoxy) is 2. The van der Waals surface area contributed by atoms with Gasteiger partial charge in [0.05, 0.1) is 7.11 Å². The molecule has 0 aliphatic heterocycles. The topological polar surface area (TPSA) is 73.3 Å². The van der Waals surface area contributed by atoms with Gasteiger partial charge in [-0.3, -0.25) is 4.79 Å². The van der Waals surface area contributed by atoms with E-state index in [1.54, 1.807) is 48.8 Å². The first-order chi connectivity index (χ1) is 16.1. The van der Waals surface area contributed by atoms with Gasteiger partial charge < -0.3 is 14.8 Å². The zero-order chi connectivity index (χ0) is 22.8. The number of anilines is 1. The molecule has 1 amide bonds. The highest BCUT2D eigenvalue weighted by atomic mass is 32.1. The van der Waals surface area contributed by atoms with E-state index in [0.717, 1.165) is 12.0 Å². The standard InChI is InChI=1S/C24H20FN3O3S2/c1-30-20-11-14(8-9-19(20)31-13-15-5-2-3-6-18(15)25)23-27-28-24(33-23)26-22(29)17-12-16(17)21-7-4-10-32-21/h2-11,16-17H,12-13H2,1H3,(H,26,28,29). The molecule has 5 rings (SSSR count). The van der Waals surface area contributed by atoms with Crippen LogP contribution in [-0.4, -0.2) is 23.2 Å². The summed E-state index contributed by atoms with van der Waals surface area (Å²) in [6.45, 7) is 0.0883. The molecule has 6 nitrogen and oxygen atoms in total. The van der Waals surface area contributed by atoms with Gasteiger partial charge in [-0.15, -0.1) is 21.5 Å². The van der Waals surface area contributed by atoms with E-state index in [4.69, 9.17) is 9.47 Å². The van der Waals surface area contributed by atoms with Crippen molar-refractivity contribution in [2.75, 3.05) is 12.4 Å². The Hall–Kier alpha value is -3.30. The number of thiophene rings is 1. The SMILES string of the molecule is COc1cc(-c2nnc(NC(=O)C3CC3c3cccs3)s2)ccc1OCc1ccccc1F. The van der Waals surface area contributed by atoms with E-state index >= 15 is 0 Å². The molecule has 9 heteroatoms. The number of halogens is 1. The molecular formula is C24H20FN3O3S2. The maximum Gasteiger partial charge on any atom is 0.229 e. The van der Waals surface area contributed by atoms with E-state index in [1.807, 2.05) is 17.5 Å². The average molecular weight is 482 g/mol. The maximum absolute atomic E-state index is 13.8. The predicted molar refractivity (Wildman–Crippen MR) is 126 cm³/mol. The van der Waals surface area contributed by atoms with Crippen LogP contribution in [0.3, 0.4) is 0 Å². The second-order valence-corrected chi connectivity index (χ2v) is 9.57. The number of rotatable bonds is 8. The van der Waals surface area contributed by atoms with Gasteiger partial charge in [0.25, 0.3) is 0 Å². The molecule has 2 aromatic heterocycles. The summed E-state index contributed by atoms with van der Waals surface area (Å²) in [4.78, 5) is 13.8. The van der Waals surface area contributed by atoms with Crippen LogP contribution in [0.4, 0.5) is 9.52 Å². The third kappa shape index (κ3) is 4.74. The summed E-state index contributed by atoms with van der Waals surface area (Å²) in [5.41, 5.74) is 1.25. The number of hydrogen-bond donors (Lipinski definition) is 1. The van der Waals surface area contributed by atoms with Crippen molar-refractivity contribution in [2.45, 2.75) is 18.9 Å². The number of hydrogen-bond acceptors (Lipinski definition) is 7. The van der Waals surface area contributed by atoms with Gasteiger partial charge in [-0.05, 0) is 42.1 Å². The van der Waals surface area contributed by atoms with E-state index in [0.29, 0.717) is 33.1 Å². The molecule has 1 saturated carbocycles. The minimum absolute atomic E-state index is 0.0121. The Kier molecular flexibility index (Phi) is 6.06. The first-order valence-corrected chi connectivity index (χ1v) is 12.0. The minimum atomic E-state index is -0.315. The van der Waals surface area contributed by atoms with Gasteiger partial charge in [-0.1, -0.05) is 35.6 Å². The number of benzene rings is 2. The lowest BCUT2D eigenvalue weighted by atomic mass is 10.2. The van der Waals surface area contributed by atoms with Crippen molar-refractivity contribution in [3.63, 3.8) is 0 Å². The Morgan fingerprint density at radius 1 is 1.15 bits per heavy atom. The first kappa shape index (κ1) is 21.5. The van der Waals surface area contributed by atoms with Gasteiger partial charge in [-0.25, -0.2) is 4.39 Å². The average Bonchev–Trinajstić information content (AvgIpc) is 3.20. The highest BCUT2D eigenvalue weighted by molar-refractivity contribution is 7.18. The monoisotopic (exact) mass is 481 g/mol. The molecule has 1 fully saturated rings. The predicted octanol–water partition coefficient (Wildman–Crippen LogP) is 5.74. The molecule has 0 spiro atoms. The number of aromatic nitrogens is 2. The highest BCUT2D eigenvalue weighted by Gasteiger charge is 2.44. The molecule has 1 aliphatic rings. The van der Waals surface area contributed by atoms with Crippen LogP contribution in [0.1, 0.15) is 22.8 Å². The van der Waals surface area contributed by atoms with Gasteiger partial charge in [0.2, 0.25) is 11.0 Å². The molecule has 0 bridgehead atoms. The second kappa shape index (κ2) is 9.29. The van der Waals surface area contributed by atoms with Crippen molar-refractivity contribution in [1.82, 2.24) is 10.2 Å². The number of carbonyl (C=O) groups is 1. The van der Waals surface area contributed by atoms with E-state index in [9.17, 15) is 9.18 Å². The quantitative estimate of drug-likeness (QED) is 0.348. The van der Waals surface area contributed by atoms with Crippen LogP contribution in [0.2, 0.25) is 0 Å². The number of nitrogens with one attached hydrogen (secondary N) is 1. The van der Waals surface area contributed by atoms with Crippen molar-refractivity contribution in [2.24, 2.45) is 5.92 Å². The Morgan fingerprint density at radius 2 is 2.03 bits per heavy atom. The third-order valence-electron chi connectivity index (χ3n) is 5.44. The summed E-state index contributed by atoms with van der Waals surface area (Å²) >= 11 is 2.98. The largest absolute Gasteiger partial charge is 0.493 e. The van der Waals surface area contributed by atoms with Crippen LogP contribution in [0.25, 0.3) is 10.6 Å².